The molecule has 4 rings (SSSR count). The second kappa shape index (κ2) is 6.96. The summed E-state index contributed by atoms with van der Waals surface area (Å²) >= 11 is 0. The van der Waals surface area contributed by atoms with Gasteiger partial charge in [0.25, 0.3) is 5.91 Å². The van der Waals surface area contributed by atoms with Crippen LogP contribution in [0.3, 0.4) is 0 Å². The number of hydrogen-bond acceptors (Lipinski definition) is 4. The maximum absolute atomic E-state index is 13.0. The predicted molar refractivity (Wildman–Crippen MR) is 103 cm³/mol. The van der Waals surface area contributed by atoms with Gasteiger partial charge in [0.2, 0.25) is 5.91 Å². The Morgan fingerprint density at radius 1 is 1.36 bits per heavy atom. The number of nitrogens with one attached hydrogen (secondary N) is 2. The molecule has 1 saturated carbocycles. The van der Waals surface area contributed by atoms with Crippen LogP contribution in [0.5, 0.6) is 0 Å². The van der Waals surface area contributed by atoms with Gasteiger partial charge in [0.1, 0.15) is 23.4 Å². The summed E-state index contributed by atoms with van der Waals surface area (Å²) in [4.78, 5) is 38.9. The normalized spacial score (nSPS) is 25.9. The van der Waals surface area contributed by atoms with Crippen molar-refractivity contribution in [1.82, 2.24) is 15.5 Å². The lowest BCUT2D eigenvalue weighted by molar-refractivity contribution is -0.137. The number of benzene rings is 1. The Labute approximate surface area is 163 Å². The summed E-state index contributed by atoms with van der Waals surface area (Å²) in [5.74, 6) is 0.0255. The number of para-hydroxylation sites is 1. The maximum Gasteiger partial charge on any atom is 0.325 e. The zero-order valence-electron chi connectivity index (χ0n) is 16.2. The molecule has 3 atom stereocenters. The van der Waals surface area contributed by atoms with Gasteiger partial charge in [-0.2, -0.15) is 0 Å². The summed E-state index contributed by atoms with van der Waals surface area (Å²) in [6.07, 6.45) is 3.49. The largest absolute Gasteiger partial charge is 0.459 e. The first-order valence-corrected chi connectivity index (χ1v) is 9.82. The Bertz CT molecular complexity index is 904. The topological polar surface area (TPSA) is 91.7 Å². The standard InChI is InChI=1S/C21H25N3O4/c1-13-7-5-6-10-21(13)19(26)24(20(27)23-21)12-18(25)22-14(2)17-11-15-8-3-4-9-16(15)28-17/h3-4,8-9,11,13-14H,5-7,10,12H2,1-2H3,(H,22,25)(H,23,27). The van der Waals surface area contributed by atoms with E-state index in [1.54, 1.807) is 0 Å². The lowest BCUT2D eigenvalue weighted by Crippen LogP contribution is -2.54. The first-order chi connectivity index (χ1) is 13.4. The van der Waals surface area contributed by atoms with Crippen LogP contribution in [0.15, 0.2) is 34.7 Å². The molecule has 1 aliphatic carbocycles. The third-order valence-corrected chi connectivity index (χ3v) is 6.05. The molecule has 1 aromatic carbocycles. The minimum Gasteiger partial charge on any atom is -0.459 e. The van der Waals surface area contributed by atoms with Crippen molar-refractivity contribution in [2.24, 2.45) is 5.92 Å². The van der Waals surface area contributed by atoms with E-state index >= 15 is 0 Å². The summed E-state index contributed by atoms with van der Waals surface area (Å²) in [5.41, 5.74) is -0.0964. The van der Waals surface area contributed by atoms with Crippen LogP contribution in [0, 0.1) is 5.92 Å². The molecule has 4 amide bonds. The van der Waals surface area contributed by atoms with Gasteiger partial charge in [0.15, 0.2) is 0 Å². The van der Waals surface area contributed by atoms with E-state index in [1.807, 2.05) is 44.2 Å². The zero-order chi connectivity index (χ0) is 19.9. The highest BCUT2D eigenvalue weighted by molar-refractivity contribution is 6.09. The molecule has 148 valence electrons. The average Bonchev–Trinajstić information content (AvgIpc) is 3.20. The molecule has 2 N–H and O–H groups in total. The highest BCUT2D eigenvalue weighted by Gasteiger charge is 2.55. The first-order valence-electron chi connectivity index (χ1n) is 9.82. The molecule has 1 aromatic heterocycles. The smallest absolute Gasteiger partial charge is 0.325 e. The Morgan fingerprint density at radius 3 is 2.89 bits per heavy atom. The molecule has 2 aliphatic rings. The third-order valence-electron chi connectivity index (χ3n) is 6.05. The monoisotopic (exact) mass is 383 g/mol. The summed E-state index contributed by atoms with van der Waals surface area (Å²) in [7, 11) is 0. The second-order valence-corrected chi connectivity index (χ2v) is 7.92. The van der Waals surface area contributed by atoms with Crippen LogP contribution in [-0.4, -0.2) is 34.8 Å². The zero-order valence-corrected chi connectivity index (χ0v) is 16.2. The van der Waals surface area contributed by atoms with Crippen LogP contribution < -0.4 is 10.6 Å². The van der Waals surface area contributed by atoms with Crippen LogP contribution in [0.25, 0.3) is 11.0 Å². The highest BCUT2D eigenvalue weighted by atomic mass is 16.3. The van der Waals surface area contributed by atoms with E-state index < -0.39 is 17.5 Å². The molecular formula is C21H25N3O4. The summed E-state index contributed by atoms with van der Waals surface area (Å²) in [6, 6.07) is 8.64. The average molecular weight is 383 g/mol. The number of carbonyl (C=O) groups is 3. The van der Waals surface area contributed by atoms with E-state index in [-0.39, 0.29) is 24.4 Å². The van der Waals surface area contributed by atoms with Gasteiger partial charge >= 0.3 is 6.03 Å². The summed E-state index contributed by atoms with van der Waals surface area (Å²) in [6.45, 7) is 3.51. The van der Waals surface area contributed by atoms with Crippen molar-refractivity contribution in [3.05, 3.63) is 36.1 Å². The van der Waals surface area contributed by atoms with Crippen molar-refractivity contribution in [2.45, 2.75) is 51.1 Å². The highest BCUT2D eigenvalue weighted by Crippen LogP contribution is 2.38. The van der Waals surface area contributed by atoms with Crippen molar-refractivity contribution in [3.63, 3.8) is 0 Å². The Kier molecular flexibility index (Phi) is 4.61. The summed E-state index contributed by atoms with van der Waals surface area (Å²) < 4.78 is 5.77. The van der Waals surface area contributed by atoms with Gasteiger partial charge in [0, 0.05) is 5.39 Å². The molecule has 2 aromatic rings. The number of amides is 4. The van der Waals surface area contributed by atoms with Crippen LogP contribution in [-0.2, 0) is 9.59 Å². The number of hydrogen-bond donors (Lipinski definition) is 2. The molecule has 2 heterocycles. The van der Waals surface area contributed by atoms with E-state index in [0.29, 0.717) is 12.2 Å². The van der Waals surface area contributed by atoms with Crippen molar-refractivity contribution < 1.29 is 18.8 Å². The molecule has 0 radical (unpaired) electrons. The number of fused-ring (bicyclic) bond motifs is 1. The van der Waals surface area contributed by atoms with Crippen LogP contribution in [0.2, 0.25) is 0 Å². The lowest BCUT2D eigenvalue weighted by atomic mass is 9.73. The van der Waals surface area contributed by atoms with Crippen LogP contribution >= 0.6 is 0 Å². The number of carbonyl (C=O) groups excluding carboxylic acids is 3. The molecule has 7 heteroatoms. The van der Waals surface area contributed by atoms with E-state index in [2.05, 4.69) is 10.6 Å². The number of furan rings is 1. The predicted octanol–water partition coefficient (Wildman–Crippen LogP) is 3.11. The summed E-state index contributed by atoms with van der Waals surface area (Å²) in [5, 5.41) is 6.65. The molecule has 1 saturated heterocycles. The maximum atomic E-state index is 13.0. The van der Waals surface area contributed by atoms with E-state index in [4.69, 9.17) is 4.42 Å². The molecule has 2 fully saturated rings. The van der Waals surface area contributed by atoms with Gasteiger partial charge < -0.3 is 15.1 Å². The molecule has 3 unspecified atom stereocenters. The fraction of sp³-hybridized carbons (Fsp3) is 0.476. The minimum absolute atomic E-state index is 0.0697. The van der Waals surface area contributed by atoms with Crippen molar-refractivity contribution in [2.75, 3.05) is 6.54 Å². The lowest BCUT2D eigenvalue weighted by Gasteiger charge is -2.36. The Balaban J connectivity index is 1.43. The van der Waals surface area contributed by atoms with Crippen molar-refractivity contribution in [3.8, 4) is 0 Å². The number of imide groups is 1. The number of urea groups is 1. The molecule has 0 bridgehead atoms. The van der Waals surface area contributed by atoms with E-state index in [9.17, 15) is 14.4 Å². The Morgan fingerprint density at radius 2 is 2.14 bits per heavy atom. The van der Waals surface area contributed by atoms with Gasteiger partial charge in [-0.1, -0.05) is 38.0 Å². The first kappa shape index (κ1) is 18.5. The van der Waals surface area contributed by atoms with Crippen LogP contribution in [0.1, 0.15) is 51.3 Å². The number of nitrogens with zero attached hydrogens (tertiary/aromatic N) is 1. The Hall–Kier alpha value is -2.83. The second-order valence-electron chi connectivity index (χ2n) is 7.92. The van der Waals surface area contributed by atoms with Crippen LogP contribution in [0.4, 0.5) is 4.79 Å². The minimum atomic E-state index is -0.847. The van der Waals surface area contributed by atoms with Gasteiger partial charge in [-0.05, 0) is 37.8 Å². The SMILES string of the molecule is CC(NC(=O)CN1C(=O)NC2(CCCCC2C)C1=O)c1cc2ccccc2o1. The quantitative estimate of drug-likeness (QED) is 0.794. The van der Waals surface area contributed by atoms with Crippen molar-refractivity contribution >= 4 is 28.8 Å². The van der Waals surface area contributed by atoms with Gasteiger partial charge in [-0.3, -0.25) is 14.5 Å². The molecule has 1 spiro atoms. The molecule has 28 heavy (non-hydrogen) atoms. The third kappa shape index (κ3) is 3.04. The molecular weight excluding hydrogens is 358 g/mol. The van der Waals surface area contributed by atoms with E-state index in [1.165, 1.54) is 0 Å². The fourth-order valence-electron chi connectivity index (χ4n) is 4.36. The number of rotatable bonds is 4. The molecule has 7 nitrogen and oxygen atoms in total. The van der Waals surface area contributed by atoms with Gasteiger partial charge in [-0.25, -0.2) is 4.79 Å². The fourth-order valence-corrected chi connectivity index (χ4v) is 4.36. The molecule has 1 aliphatic heterocycles. The van der Waals surface area contributed by atoms with Crippen molar-refractivity contribution in [1.29, 1.82) is 0 Å². The van der Waals surface area contributed by atoms with Gasteiger partial charge in [0.05, 0.1) is 6.04 Å². The van der Waals surface area contributed by atoms with E-state index in [0.717, 1.165) is 35.1 Å². The van der Waals surface area contributed by atoms with Gasteiger partial charge in [-0.15, -0.1) is 0 Å².